The van der Waals surface area contributed by atoms with Gasteiger partial charge in [0.2, 0.25) is 0 Å². The molecular weight excluding hydrogens is 302 g/mol. The molecule has 6 nitrogen and oxygen atoms in total. The molecule has 0 saturated carbocycles. The third-order valence-electron chi connectivity index (χ3n) is 4.90. The van der Waals surface area contributed by atoms with Crippen molar-refractivity contribution < 1.29 is 4.79 Å². The van der Waals surface area contributed by atoms with Crippen molar-refractivity contribution >= 4 is 5.91 Å². The number of hydrogen-bond acceptors (Lipinski definition) is 3. The summed E-state index contributed by atoms with van der Waals surface area (Å²) >= 11 is 0. The van der Waals surface area contributed by atoms with Crippen molar-refractivity contribution in [1.29, 1.82) is 0 Å². The number of likely N-dealkylation sites (tertiary alicyclic amines) is 1. The van der Waals surface area contributed by atoms with Gasteiger partial charge in [0.15, 0.2) is 0 Å². The molecule has 6 heteroatoms. The van der Waals surface area contributed by atoms with Gasteiger partial charge >= 0.3 is 0 Å². The van der Waals surface area contributed by atoms with Crippen molar-refractivity contribution in [3.05, 3.63) is 35.7 Å². The molecule has 1 fully saturated rings. The topological polar surface area (TPSA) is 56.0 Å². The lowest BCUT2D eigenvalue weighted by Gasteiger charge is -2.32. The second kappa shape index (κ2) is 7.20. The second-order valence-corrected chi connectivity index (χ2v) is 6.77. The molecule has 0 radical (unpaired) electrons. The first-order valence-corrected chi connectivity index (χ1v) is 8.88. The van der Waals surface area contributed by atoms with Gasteiger partial charge in [-0.1, -0.05) is 6.92 Å². The average Bonchev–Trinajstić information content (AvgIpc) is 3.15. The molecule has 0 aromatic carbocycles. The number of carbonyl (C=O) groups is 1. The van der Waals surface area contributed by atoms with Gasteiger partial charge in [0, 0.05) is 51.2 Å². The maximum atomic E-state index is 12.7. The summed E-state index contributed by atoms with van der Waals surface area (Å²) in [7, 11) is 1.82. The van der Waals surface area contributed by atoms with Crippen molar-refractivity contribution in [3.63, 3.8) is 0 Å². The second-order valence-electron chi connectivity index (χ2n) is 6.77. The quantitative estimate of drug-likeness (QED) is 0.846. The predicted molar refractivity (Wildman–Crippen MR) is 92.8 cm³/mol. The van der Waals surface area contributed by atoms with Crippen molar-refractivity contribution in [2.45, 2.75) is 46.1 Å². The van der Waals surface area contributed by atoms with E-state index in [-0.39, 0.29) is 5.91 Å². The number of aryl methyl sites for hydroxylation is 2. The minimum Gasteiger partial charge on any atom is -0.337 e. The van der Waals surface area contributed by atoms with Crippen LogP contribution in [-0.4, -0.2) is 43.2 Å². The minimum absolute atomic E-state index is 0.0905. The van der Waals surface area contributed by atoms with E-state index in [1.54, 1.807) is 16.9 Å². The zero-order valence-corrected chi connectivity index (χ0v) is 14.9. The van der Waals surface area contributed by atoms with Crippen LogP contribution in [0.5, 0.6) is 0 Å². The molecular formula is C18H27N5O. The van der Waals surface area contributed by atoms with Crippen molar-refractivity contribution in [1.82, 2.24) is 24.2 Å². The average molecular weight is 329 g/mol. The van der Waals surface area contributed by atoms with Gasteiger partial charge in [0.05, 0.1) is 0 Å². The number of piperidine rings is 1. The molecule has 0 N–H and O–H groups in total. The maximum Gasteiger partial charge on any atom is 0.272 e. The Labute approximate surface area is 143 Å². The van der Waals surface area contributed by atoms with Gasteiger partial charge in [-0.15, -0.1) is 0 Å². The van der Waals surface area contributed by atoms with Crippen LogP contribution in [0.25, 0.3) is 0 Å². The van der Waals surface area contributed by atoms with Crippen LogP contribution in [0.15, 0.2) is 18.5 Å². The molecule has 130 valence electrons. The van der Waals surface area contributed by atoms with Crippen LogP contribution in [-0.2, 0) is 20.0 Å². The summed E-state index contributed by atoms with van der Waals surface area (Å²) in [4.78, 5) is 19.3. The fourth-order valence-corrected chi connectivity index (χ4v) is 3.62. The summed E-state index contributed by atoms with van der Waals surface area (Å²) in [5, 5.41) is 4.11. The number of hydrogen-bond donors (Lipinski definition) is 0. The van der Waals surface area contributed by atoms with Gasteiger partial charge in [-0.05, 0) is 38.2 Å². The highest BCUT2D eigenvalue weighted by Gasteiger charge is 2.27. The molecule has 0 spiro atoms. The molecule has 1 saturated heterocycles. The number of amides is 1. The van der Waals surface area contributed by atoms with E-state index in [0.29, 0.717) is 11.6 Å². The monoisotopic (exact) mass is 329 g/mol. The van der Waals surface area contributed by atoms with Crippen LogP contribution in [0.1, 0.15) is 48.2 Å². The van der Waals surface area contributed by atoms with Crippen LogP contribution >= 0.6 is 0 Å². The summed E-state index contributed by atoms with van der Waals surface area (Å²) < 4.78 is 3.98. The lowest BCUT2D eigenvalue weighted by atomic mass is 9.94. The third-order valence-corrected chi connectivity index (χ3v) is 4.90. The molecule has 3 rings (SSSR count). The van der Waals surface area contributed by atoms with Gasteiger partial charge in [0.25, 0.3) is 5.91 Å². The van der Waals surface area contributed by atoms with Crippen molar-refractivity contribution in [2.75, 3.05) is 13.1 Å². The Hall–Kier alpha value is -2.11. The molecule has 0 bridgehead atoms. The molecule has 24 heavy (non-hydrogen) atoms. The van der Waals surface area contributed by atoms with E-state index in [9.17, 15) is 4.79 Å². The Balaban J connectivity index is 1.68. The number of aromatic nitrogens is 4. The summed E-state index contributed by atoms with van der Waals surface area (Å²) in [6, 6.07) is 1.79. The number of rotatable bonds is 5. The van der Waals surface area contributed by atoms with E-state index < -0.39 is 0 Å². The Morgan fingerprint density at radius 2 is 2.25 bits per heavy atom. The highest BCUT2D eigenvalue weighted by Crippen LogP contribution is 2.22. The van der Waals surface area contributed by atoms with Crippen LogP contribution in [0.2, 0.25) is 0 Å². The smallest absolute Gasteiger partial charge is 0.272 e. The first-order valence-electron chi connectivity index (χ1n) is 8.88. The summed E-state index contributed by atoms with van der Waals surface area (Å²) in [5.74, 6) is 1.73. The van der Waals surface area contributed by atoms with E-state index in [4.69, 9.17) is 0 Å². The molecule has 1 unspecified atom stereocenters. The van der Waals surface area contributed by atoms with E-state index in [1.165, 1.54) is 5.69 Å². The Morgan fingerprint density at radius 1 is 1.42 bits per heavy atom. The fraction of sp³-hybridized carbons (Fsp3) is 0.611. The Morgan fingerprint density at radius 3 is 2.96 bits per heavy atom. The normalized spacial score (nSPS) is 18.1. The maximum absolute atomic E-state index is 12.7. The van der Waals surface area contributed by atoms with E-state index >= 15 is 0 Å². The molecule has 1 amide bonds. The standard InChI is InChI=1S/C18H27N5O/c1-4-9-23-14(2)12-19-17(23)11-15-6-5-10-22(13-15)18(24)16-7-8-20-21(16)3/h7-8,12,15H,4-6,9-11,13H2,1-3H3. The number of nitrogens with zero attached hydrogens (tertiary/aromatic N) is 5. The molecule has 3 heterocycles. The van der Waals surface area contributed by atoms with Crippen molar-refractivity contribution in [3.8, 4) is 0 Å². The molecule has 2 aromatic rings. The highest BCUT2D eigenvalue weighted by atomic mass is 16.2. The lowest BCUT2D eigenvalue weighted by Crippen LogP contribution is -2.41. The van der Waals surface area contributed by atoms with Gasteiger partial charge in [0.1, 0.15) is 11.5 Å². The zero-order chi connectivity index (χ0) is 17.1. The zero-order valence-electron chi connectivity index (χ0n) is 14.9. The number of carbonyl (C=O) groups excluding carboxylic acids is 1. The summed E-state index contributed by atoms with van der Waals surface area (Å²) in [6.07, 6.45) is 7.92. The fourth-order valence-electron chi connectivity index (χ4n) is 3.62. The summed E-state index contributed by atoms with van der Waals surface area (Å²) in [6.45, 7) is 6.97. The predicted octanol–water partition coefficient (Wildman–Crippen LogP) is 2.43. The molecule has 1 aliphatic rings. The van der Waals surface area contributed by atoms with Crippen LogP contribution < -0.4 is 0 Å². The van der Waals surface area contributed by atoms with E-state index in [0.717, 1.165) is 51.1 Å². The number of imidazole rings is 1. The van der Waals surface area contributed by atoms with Crippen LogP contribution in [0, 0.1) is 12.8 Å². The molecule has 2 aromatic heterocycles. The largest absolute Gasteiger partial charge is 0.337 e. The first-order chi connectivity index (χ1) is 11.6. The van der Waals surface area contributed by atoms with Crippen LogP contribution in [0.3, 0.4) is 0 Å². The molecule has 1 aliphatic heterocycles. The molecule has 0 aliphatic carbocycles. The third kappa shape index (κ3) is 3.37. The Bertz CT molecular complexity index is 702. The van der Waals surface area contributed by atoms with Crippen molar-refractivity contribution in [2.24, 2.45) is 13.0 Å². The van der Waals surface area contributed by atoms with E-state index in [1.807, 2.05) is 18.1 Å². The highest BCUT2D eigenvalue weighted by molar-refractivity contribution is 5.92. The first kappa shape index (κ1) is 16.7. The minimum atomic E-state index is 0.0905. The van der Waals surface area contributed by atoms with E-state index in [2.05, 4.69) is 28.5 Å². The Kier molecular flexibility index (Phi) is 5.02. The van der Waals surface area contributed by atoms with Gasteiger partial charge in [-0.25, -0.2) is 4.98 Å². The lowest BCUT2D eigenvalue weighted by molar-refractivity contribution is 0.0660. The van der Waals surface area contributed by atoms with Crippen LogP contribution in [0.4, 0.5) is 0 Å². The SMILES string of the molecule is CCCn1c(C)cnc1CC1CCCN(C(=O)c2ccnn2C)C1. The molecule has 1 atom stereocenters. The summed E-state index contributed by atoms with van der Waals surface area (Å²) in [5.41, 5.74) is 1.89. The van der Waals surface area contributed by atoms with Gasteiger partial charge in [-0.2, -0.15) is 5.10 Å². The van der Waals surface area contributed by atoms with Gasteiger partial charge in [-0.3, -0.25) is 9.48 Å². The van der Waals surface area contributed by atoms with Gasteiger partial charge < -0.3 is 9.47 Å².